The number of likely N-dealkylation sites (tertiary alicyclic amines) is 1. The molecule has 2 amide bonds. The van der Waals surface area contributed by atoms with Crippen molar-refractivity contribution in [2.75, 3.05) is 26.2 Å². The molecular formula is C12H22N2O4. The number of hydrogen-bond donors (Lipinski definition) is 2. The van der Waals surface area contributed by atoms with Crippen molar-refractivity contribution in [3.05, 3.63) is 0 Å². The van der Waals surface area contributed by atoms with Gasteiger partial charge in [-0.15, -0.1) is 0 Å². The Labute approximate surface area is 107 Å². The van der Waals surface area contributed by atoms with E-state index in [0.717, 1.165) is 0 Å². The minimum atomic E-state index is -0.808. The van der Waals surface area contributed by atoms with Gasteiger partial charge in [0.1, 0.15) is 0 Å². The fourth-order valence-electron chi connectivity index (χ4n) is 1.95. The van der Waals surface area contributed by atoms with Gasteiger partial charge in [0.15, 0.2) is 0 Å². The van der Waals surface area contributed by atoms with Gasteiger partial charge in [0.05, 0.1) is 12.0 Å². The van der Waals surface area contributed by atoms with Crippen LogP contribution in [-0.4, -0.2) is 53.8 Å². The predicted molar refractivity (Wildman–Crippen MR) is 66.4 cm³/mol. The van der Waals surface area contributed by atoms with Crippen LogP contribution in [0.5, 0.6) is 0 Å². The van der Waals surface area contributed by atoms with Gasteiger partial charge in [0.2, 0.25) is 0 Å². The topological polar surface area (TPSA) is 78.9 Å². The normalized spacial score (nSPS) is 16.3. The molecule has 1 heterocycles. The first-order valence-corrected chi connectivity index (χ1v) is 6.22. The van der Waals surface area contributed by atoms with Crippen LogP contribution in [0.3, 0.4) is 0 Å². The van der Waals surface area contributed by atoms with Gasteiger partial charge < -0.3 is 20.1 Å². The van der Waals surface area contributed by atoms with Gasteiger partial charge in [-0.25, -0.2) is 4.79 Å². The Balaban J connectivity index is 2.22. The lowest BCUT2D eigenvalue weighted by molar-refractivity contribution is -0.139. The predicted octanol–water partition coefficient (Wildman–Crippen LogP) is 0.918. The minimum absolute atomic E-state index is 0.0909. The van der Waals surface area contributed by atoms with E-state index in [1.807, 2.05) is 20.8 Å². The molecule has 104 valence electrons. The third kappa shape index (κ3) is 4.52. The fourth-order valence-corrected chi connectivity index (χ4v) is 1.95. The second kappa shape index (κ2) is 6.04. The van der Waals surface area contributed by atoms with Crippen LogP contribution in [0.2, 0.25) is 0 Å². The molecule has 18 heavy (non-hydrogen) atoms. The molecule has 1 aliphatic rings. The first-order valence-electron chi connectivity index (χ1n) is 6.22. The summed E-state index contributed by atoms with van der Waals surface area (Å²) in [6, 6.07) is -0.149. The minimum Gasteiger partial charge on any atom is -0.481 e. The first-order chi connectivity index (χ1) is 8.34. The third-order valence-electron chi connectivity index (χ3n) is 2.91. The summed E-state index contributed by atoms with van der Waals surface area (Å²) in [5, 5.41) is 11.4. The van der Waals surface area contributed by atoms with Crippen LogP contribution in [0.25, 0.3) is 0 Å². The van der Waals surface area contributed by atoms with Crippen molar-refractivity contribution in [2.45, 2.75) is 32.8 Å². The summed E-state index contributed by atoms with van der Waals surface area (Å²) in [5.41, 5.74) is -0.379. The number of rotatable bonds is 6. The van der Waals surface area contributed by atoms with E-state index in [4.69, 9.17) is 9.84 Å². The summed E-state index contributed by atoms with van der Waals surface area (Å²) >= 11 is 0. The van der Waals surface area contributed by atoms with E-state index in [1.54, 1.807) is 4.90 Å². The molecule has 0 aliphatic carbocycles. The SMILES string of the molecule is CCOC(C)(C)CNC(=O)N1CC(CC(=O)O)C1. The Morgan fingerprint density at radius 1 is 1.44 bits per heavy atom. The van der Waals surface area contributed by atoms with E-state index in [1.165, 1.54) is 0 Å². The Hall–Kier alpha value is -1.30. The van der Waals surface area contributed by atoms with Gasteiger partial charge in [-0.2, -0.15) is 0 Å². The average molecular weight is 258 g/mol. The molecule has 6 heteroatoms. The Morgan fingerprint density at radius 2 is 2.06 bits per heavy atom. The van der Waals surface area contributed by atoms with Crippen molar-refractivity contribution >= 4 is 12.0 Å². The summed E-state index contributed by atoms with van der Waals surface area (Å²) in [4.78, 5) is 23.8. The van der Waals surface area contributed by atoms with Crippen LogP contribution in [0.4, 0.5) is 4.79 Å². The van der Waals surface area contributed by atoms with Crippen LogP contribution < -0.4 is 5.32 Å². The molecule has 1 fully saturated rings. The number of carbonyl (C=O) groups excluding carboxylic acids is 1. The monoisotopic (exact) mass is 258 g/mol. The van der Waals surface area contributed by atoms with Crippen molar-refractivity contribution in [3.63, 3.8) is 0 Å². The summed E-state index contributed by atoms with van der Waals surface area (Å²) < 4.78 is 5.47. The number of urea groups is 1. The van der Waals surface area contributed by atoms with Crippen molar-refractivity contribution in [1.82, 2.24) is 10.2 Å². The molecule has 0 aromatic heterocycles. The molecule has 0 atom stereocenters. The van der Waals surface area contributed by atoms with Gasteiger partial charge in [-0.05, 0) is 20.8 Å². The van der Waals surface area contributed by atoms with Gasteiger partial charge in [0, 0.05) is 32.2 Å². The largest absolute Gasteiger partial charge is 0.481 e. The smallest absolute Gasteiger partial charge is 0.317 e. The van der Waals surface area contributed by atoms with E-state index in [2.05, 4.69) is 5.32 Å². The molecule has 0 aromatic carbocycles. The molecule has 0 unspecified atom stereocenters. The number of ether oxygens (including phenoxy) is 1. The Bertz CT molecular complexity index is 311. The number of carboxylic acids is 1. The molecule has 0 bridgehead atoms. The maximum absolute atomic E-state index is 11.7. The fraction of sp³-hybridized carbons (Fsp3) is 0.833. The zero-order valence-corrected chi connectivity index (χ0v) is 11.2. The van der Waals surface area contributed by atoms with E-state index in [-0.39, 0.29) is 24.0 Å². The number of nitrogens with zero attached hydrogens (tertiary/aromatic N) is 1. The average Bonchev–Trinajstić information content (AvgIpc) is 2.19. The van der Waals surface area contributed by atoms with E-state index < -0.39 is 5.97 Å². The zero-order chi connectivity index (χ0) is 13.8. The van der Waals surface area contributed by atoms with E-state index in [0.29, 0.717) is 26.2 Å². The standard InChI is InChI=1S/C12H22N2O4/c1-4-18-12(2,3)8-13-11(17)14-6-9(7-14)5-10(15)16/h9H,4-8H2,1-3H3,(H,13,17)(H,15,16). The van der Waals surface area contributed by atoms with Crippen molar-refractivity contribution < 1.29 is 19.4 Å². The molecule has 6 nitrogen and oxygen atoms in total. The molecular weight excluding hydrogens is 236 g/mol. The summed E-state index contributed by atoms with van der Waals surface area (Å²) in [5.74, 6) is -0.717. The highest BCUT2D eigenvalue weighted by molar-refractivity contribution is 5.75. The lowest BCUT2D eigenvalue weighted by atomic mass is 9.97. The van der Waals surface area contributed by atoms with Crippen LogP contribution in [-0.2, 0) is 9.53 Å². The van der Waals surface area contributed by atoms with Crippen molar-refractivity contribution in [1.29, 1.82) is 0 Å². The quantitative estimate of drug-likeness (QED) is 0.742. The Morgan fingerprint density at radius 3 is 2.56 bits per heavy atom. The Kier molecular flexibility index (Phi) is 4.95. The van der Waals surface area contributed by atoms with Crippen LogP contribution in [0, 0.1) is 5.92 Å². The van der Waals surface area contributed by atoms with Gasteiger partial charge in [-0.1, -0.05) is 0 Å². The molecule has 2 N–H and O–H groups in total. The number of hydrogen-bond acceptors (Lipinski definition) is 3. The molecule has 0 spiro atoms. The molecule has 1 rings (SSSR count). The first kappa shape index (κ1) is 14.8. The van der Waals surface area contributed by atoms with E-state index in [9.17, 15) is 9.59 Å². The molecule has 0 radical (unpaired) electrons. The van der Waals surface area contributed by atoms with Crippen molar-refractivity contribution in [3.8, 4) is 0 Å². The van der Waals surface area contributed by atoms with Crippen LogP contribution in [0.15, 0.2) is 0 Å². The van der Waals surface area contributed by atoms with Crippen molar-refractivity contribution in [2.24, 2.45) is 5.92 Å². The number of nitrogens with one attached hydrogen (secondary N) is 1. The third-order valence-corrected chi connectivity index (χ3v) is 2.91. The van der Waals surface area contributed by atoms with Gasteiger partial charge in [0.25, 0.3) is 0 Å². The van der Waals surface area contributed by atoms with Gasteiger partial charge >= 0.3 is 12.0 Å². The lowest BCUT2D eigenvalue weighted by Gasteiger charge is -2.39. The second-order valence-corrected chi connectivity index (χ2v) is 5.22. The summed E-state index contributed by atoms with van der Waals surface area (Å²) in [6.45, 7) is 7.84. The zero-order valence-electron chi connectivity index (χ0n) is 11.2. The molecule has 0 aromatic rings. The lowest BCUT2D eigenvalue weighted by Crippen LogP contribution is -2.56. The summed E-state index contributed by atoms with van der Waals surface area (Å²) in [6.07, 6.45) is 0.133. The van der Waals surface area contributed by atoms with Crippen LogP contribution >= 0.6 is 0 Å². The number of carbonyl (C=O) groups is 2. The highest BCUT2D eigenvalue weighted by Crippen LogP contribution is 2.19. The van der Waals surface area contributed by atoms with Gasteiger partial charge in [-0.3, -0.25) is 4.79 Å². The maximum Gasteiger partial charge on any atom is 0.317 e. The molecule has 0 saturated carbocycles. The molecule has 1 aliphatic heterocycles. The van der Waals surface area contributed by atoms with Crippen LogP contribution in [0.1, 0.15) is 27.2 Å². The highest BCUT2D eigenvalue weighted by Gasteiger charge is 2.32. The second-order valence-electron chi connectivity index (χ2n) is 5.22. The number of carboxylic acid groups (broad SMARTS) is 1. The molecule has 1 saturated heterocycles. The summed E-state index contributed by atoms with van der Waals surface area (Å²) in [7, 11) is 0. The number of amides is 2. The maximum atomic E-state index is 11.7. The van der Waals surface area contributed by atoms with E-state index >= 15 is 0 Å². The highest BCUT2D eigenvalue weighted by atomic mass is 16.5. The number of aliphatic carboxylic acids is 1.